The number of carbonyl (C=O) groups is 2. The van der Waals surface area contributed by atoms with Crippen LogP contribution in [0.3, 0.4) is 0 Å². The molecule has 31 heavy (non-hydrogen) atoms. The van der Waals surface area contributed by atoms with Crippen LogP contribution < -0.4 is 10.1 Å². The van der Waals surface area contributed by atoms with E-state index in [1.807, 2.05) is 13.0 Å². The third-order valence-electron chi connectivity index (χ3n) is 4.54. The van der Waals surface area contributed by atoms with Crippen LogP contribution in [0.5, 0.6) is 5.75 Å². The van der Waals surface area contributed by atoms with Gasteiger partial charge in [0.2, 0.25) is 0 Å². The number of carbonyl (C=O) groups excluding carboxylic acids is 2. The predicted octanol–water partition coefficient (Wildman–Crippen LogP) is 5.01. The zero-order chi connectivity index (χ0) is 22.5. The molecule has 158 valence electrons. The fourth-order valence-corrected chi connectivity index (χ4v) is 3.36. The summed E-state index contributed by atoms with van der Waals surface area (Å²) in [6.45, 7) is 3.77. The van der Waals surface area contributed by atoms with Crippen LogP contribution in [0, 0.1) is 24.0 Å². The number of amides is 1. The van der Waals surface area contributed by atoms with Gasteiger partial charge in [-0.25, -0.2) is 4.79 Å². The molecule has 7 nitrogen and oxygen atoms in total. The van der Waals surface area contributed by atoms with Crippen molar-refractivity contribution in [1.29, 1.82) is 0 Å². The Morgan fingerprint density at radius 1 is 1.06 bits per heavy atom. The van der Waals surface area contributed by atoms with E-state index in [2.05, 4.69) is 5.32 Å². The maximum Gasteiger partial charge on any atom is 0.343 e. The highest BCUT2D eigenvalue weighted by Gasteiger charge is 2.18. The highest BCUT2D eigenvalue weighted by molar-refractivity contribution is 6.33. The molecule has 0 saturated heterocycles. The van der Waals surface area contributed by atoms with Crippen molar-refractivity contribution in [2.75, 3.05) is 0 Å². The number of esters is 1. The summed E-state index contributed by atoms with van der Waals surface area (Å²) in [4.78, 5) is 35.5. The first-order valence-corrected chi connectivity index (χ1v) is 9.73. The summed E-state index contributed by atoms with van der Waals surface area (Å²) in [6, 6.07) is 15.6. The van der Waals surface area contributed by atoms with E-state index in [1.54, 1.807) is 37.3 Å². The lowest BCUT2D eigenvalue weighted by Gasteiger charge is -2.15. The van der Waals surface area contributed by atoms with E-state index in [4.69, 9.17) is 16.3 Å². The van der Waals surface area contributed by atoms with Gasteiger partial charge in [0.05, 0.1) is 21.1 Å². The van der Waals surface area contributed by atoms with Gasteiger partial charge in [0.1, 0.15) is 5.75 Å². The molecule has 0 saturated carbocycles. The van der Waals surface area contributed by atoms with Crippen molar-refractivity contribution in [3.8, 4) is 5.75 Å². The van der Waals surface area contributed by atoms with Crippen LogP contribution in [0.1, 0.15) is 37.4 Å². The first-order valence-electron chi connectivity index (χ1n) is 9.35. The Bertz CT molecular complexity index is 1180. The number of ether oxygens (including phenoxy) is 1. The number of nitro benzene ring substituents is 1. The second-order valence-corrected chi connectivity index (χ2v) is 7.34. The highest BCUT2D eigenvalue weighted by atomic mass is 35.5. The van der Waals surface area contributed by atoms with Gasteiger partial charge in [0, 0.05) is 24.2 Å². The predicted molar refractivity (Wildman–Crippen MR) is 117 cm³/mol. The van der Waals surface area contributed by atoms with Gasteiger partial charge in [0.25, 0.3) is 11.6 Å². The van der Waals surface area contributed by atoms with Crippen LogP contribution in [0.4, 0.5) is 5.69 Å². The van der Waals surface area contributed by atoms with Gasteiger partial charge in [-0.05, 0) is 37.6 Å². The summed E-state index contributed by atoms with van der Waals surface area (Å²) in [5.74, 6) is -0.795. The number of hydrogen-bond acceptors (Lipinski definition) is 5. The molecule has 0 aromatic heterocycles. The molecule has 1 N–H and O–H groups in total. The van der Waals surface area contributed by atoms with E-state index < -0.39 is 10.9 Å². The fourth-order valence-electron chi connectivity index (χ4n) is 3.13. The van der Waals surface area contributed by atoms with Crippen molar-refractivity contribution in [3.05, 3.63) is 104 Å². The number of non-ortho nitro benzene ring substituents is 1. The average Bonchev–Trinajstić information content (AvgIpc) is 2.74. The van der Waals surface area contributed by atoms with Crippen LogP contribution in [0.25, 0.3) is 0 Å². The minimum atomic E-state index is -0.727. The molecule has 0 atom stereocenters. The second-order valence-electron chi connectivity index (χ2n) is 6.93. The molecular weight excluding hydrogens is 420 g/mol. The maximum atomic E-state index is 12.6. The number of nitro groups is 1. The lowest BCUT2D eigenvalue weighted by Crippen LogP contribution is -2.24. The fraction of sp³-hybridized carbons (Fsp3) is 0.130. The van der Waals surface area contributed by atoms with Crippen molar-refractivity contribution in [3.63, 3.8) is 0 Å². The molecule has 3 rings (SSSR count). The average molecular weight is 439 g/mol. The zero-order valence-corrected chi connectivity index (χ0v) is 17.6. The van der Waals surface area contributed by atoms with Gasteiger partial charge in [-0.3, -0.25) is 14.9 Å². The van der Waals surface area contributed by atoms with Crippen molar-refractivity contribution < 1.29 is 19.2 Å². The van der Waals surface area contributed by atoms with E-state index in [0.717, 1.165) is 11.6 Å². The van der Waals surface area contributed by atoms with Gasteiger partial charge in [-0.15, -0.1) is 0 Å². The Morgan fingerprint density at radius 3 is 2.52 bits per heavy atom. The van der Waals surface area contributed by atoms with Crippen LogP contribution in [-0.2, 0) is 6.54 Å². The van der Waals surface area contributed by atoms with Crippen molar-refractivity contribution in [1.82, 2.24) is 5.32 Å². The van der Waals surface area contributed by atoms with E-state index >= 15 is 0 Å². The molecule has 3 aromatic carbocycles. The molecule has 8 heteroatoms. The van der Waals surface area contributed by atoms with Gasteiger partial charge in [-0.1, -0.05) is 47.5 Å². The number of benzene rings is 3. The van der Waals surface area contributed by atoms with Crippen LogP contribution in [-0.4, -0.2) is 16.8 Å². The third-order valence-corrected chi connectivity index (χ3v) is 4.87. The minimum absolute atomic E-state index is 0.0558. The number of aryl methyl sites for hydroxylation is 2. The molecule has 1 amide bonds. The van der Waals surface area contributed by atoms with E-state index in [-0.39, 0.29) is 23.7 Å². The van der Waals surface area contributed by atoms with Crippen molar-refractivity contribution in [2.45, 2.75) is 20.4 Å². The highest BCUT2D eigenvalue weighted by Crippen LogP contribution is 2.27. The Hall–Kier alpha value is -3.71. The van der Waals surface area contributed by atoms with E-state index in [0.29, 0.717) is 27.5 Å². The van der Waals surface area contributed by atoms with Gasteiger partial charge < -0.3 is 10.1 Å². The molecule has 0 spiro atoms. The summed E-state index contributed by atoms with van der Waals surface area (Å²) in [5.41, 5.74) is 2.40. The maximum absolute atomic E-state index is 12.6. The number of nitrogens with one attached hydrogen (secondary N) is 1. The van der Waals surface area contributed by atoms with E-state index in [1.165, 1.54) is 18.2 Å². The topological polar surface area (TPSA) is 98.5 Å². The standard InChI is InChI=1S/C23H19ClN2O5/c1-14-10-15(2)21(31-23(28)16-6-5-7-18(12-16)26(29)30)17(11-14)13-25-22(27)19-8-3-4-9-20(19)24/h3-12H,13H2,1-2H3,(H,25,27). The van der Waals surface area contributed by atoms with Crippen molar-refractivity contribution >= 4 is 29.2 Å². The Morgan fingerprint density at radius 2 is 1.81 bits per heavy atom. The van der Waals surface area contributed by atoms with Crippen LogP contribution in [0.15, 0.2) is 60.7 Å². The third kappa shape index (κ3) is 5.26. The largest absolute Gasteiger partial charge is 0.422 e. The number of halogens is 1. The summed E-state index contributed by atoms with van der Waals surface area (Å²) < 4.78 is 5.57. The Kier molecular flexibility index (Phi) is 6.67. The molecule has 0 fully saturated rings. The first-order chi connectivity index (χ1) is 14.8. The Labute approximate surface area is 183 Å². The quantitative estimate of drug-likeness (QED) is 0.252. The molecule has 0 heterocycles. The second kappa shape index (κ2) is 9.40. The van der Waals surface area contributed by atoms with Gasteiger partial charge in [0.15, 0.2) is 0 Å². The number of rotatable bonds is 6. The SMILES string of the molecule is Cc1cc(C)c(OC(=O)c2cccc([N+](=O)[O-])c2)c(CNC(=O)c2ccccc2Cl)c1. The zero-order valence-electron chi connectivity index (χ0n) is 16.8. The normalized spacial score (nSPS) is 10.4. The molecule has 0 bridgehead atoms. The minimum Gasteiger partial charge on any atom is -0.422 e. The van der Waals surface area contributed by atoms with Crippen LogP contribution >= 0.6 is 11.6 Å². The number of hydrogen-bond donors (Lipinski definition) is 1. The molecule has 3 aromatic rings. The summed E-state index contributed by atoms with van der Waals surface area (Å²) in [5, 5.41) is 14.1. The molecule has 0 radical (unpaired) electrons. The summed E-state index contributed by atoms with van der Waals surface area (Å²) >= 11 is 6.08. The number of nitrogens with zero attached hydrogens (tertiary/aromatic N) is 1. The molecule has 0 aliphatic rings. The van der Waals surface area contributed by atoms with Gasteiger partial charge in [-0.2, -0.15) is 0 Å². The summed E-state index contributed by atoms with van der Waals surface area (Å²) in [6.07, 6.45) is 0. The molecule has 0 unspecified atom stereocenters. The monoisotopic (exact) mass is 438 g/mol. The lowest BCUT2D eigenvalue weighted by atomic mass is 10.0. The smallest absolute Gasteiger partial charge is 0.343 e. The Balaban J connectivity index is 1.84. The molecule has 0 aliphatic heterocycles. The lowest BCUT2D eigenvalue weighted by molar-refractivity contribution is -0.384. The first kappa shape index (κ1) is 22.0. The van der Waals surface area contributed by atoms with E-state index in [9.17, 15) is 19.7 Å². The van der Waals surface area contributed by atoms with Gasteiger partial charge >= 0.3 is 5.97 Å². The summed E-state index contributed by atoms with van der Waals surface area (Å²) in [7, 11) is 0. The molecule has 0 aliphatic carbocycles. The van der Waals surface area contributed by atoms with Crippen molar-refractivity contribution in [2.24, 2.45) is 0 Å². The molecular formula is C23H19ClN2O5. The van der Waals surface area contributed by atoms with Crippen LogP contribution in [0.2, 0.25) is 5.02 Å².